The highest BCUT2D eigenvalue weighted by molar-refractivity contribution is 9.10. The van der Waals surface area contributed by atoms with E-state index in [-0.39, 0.29) is 18.4 Å². The molecule has 0 radical (unpaired) electrons. The third kappa shape index (κ3) is 8.06. The normalized spacial score (nSPS) is 10.7. The van der Waals surface area contributed by atoms with Gasteiger partial charge in [-0.05, 0) is 70.0 Å². The van der Waals surface area contributed by atoms with Gasteiger partial charge in [0, 0.05) is 27.9 Å². The summed E-state index contributed by atoms with van der Waals surface area (Å²) in [5, 5.41) is 12.9. The Hall–Kier alpha value is -5.00. The summed E-state index contributed by atoms with van der Waals surface area (Å²) in [6.07, 6.45) is 1.49. The number of aromatic nitrogens is 1. The van der Waals surface area contributed by atoms with E-state index >= 15 is 0 Å². The largest absolute Gasteiger partial charge is 0.493 e. The number of carbonyl (C=O) groups excluding carboxylic acids is 2. The van der Waals surface area contributed by atoms with E-state index in [1.54, 1.807) is 36.4 Å². The van der Waals surface area contributed by atoms with Crippen LogP contribution in [0.5, 0.6) is 11.5 Å². The Morgan fingerprint density at radius 3 is 2.35 bits per heavy atom. The lowest BCUT2D eigenvalue weighted by molar-refractivity contribution is -0.118. The number of para-hydroxylation sites is 2. The molecule has 5 rings (SSSR count). The van der Waals surface area contributed by atoms with Gasteiger partial charge in [-0.15, -0.1) is 11.3 Å². The SMILES string of the molecule is COc1cc(/C=N/NC(=O)c2ccc(-c3csc(Nc4ccccc4)n3)cc2)cc(Br)c1OCC(=O)Nc1ccccc1. The second-order valence-electron chi connectivity index (χ2n) is 9.04. The minimum Gasteiger partial charge on any atom is -0.493 e. The van der Waals surface area contributed by atoms with Gasteiger partial charge in [0.2, 0.25) is 0 Å². The molecule has 1 aromatic heterocycles. The van der Waals surface area contributed by atoms with E-state index in [4.69, 9.17) is 9.47 Å². The fourth-order valence-electron chi connectivity index (χ4n) is 3.94. The summed E-state index contributed by atoms with van der Waals surface area (Å²) in [6, 6.07) is 29.5. The molecule has 2 amide bonds. The first-order valence-electron chi connectivity index (χ1n) is 13.0. The zero-order chi connectivity index (χ0) is 30.0. The van der Waals surface area contributed by atoms with Crippen LogP contribution < -0.4 is 25.5 Å². The number of rotatable bonds is 11. The van der Waals surface area contributed by atoms with Crippen molar-refractivity contribution in [3.8, 4) is 22.8 Å². The van der Waals surface area contributed by atoms with Crippen LogP contribution in [0.25, 0.3) is 11.3 Å². The maximum atomic E-state index is 12.7. The molecular formula is C32H26BrN5O4S. The van der Waals surface area contributed by atoms with Gasteiger partial charge < -0.3 is 20.1 Å². The highest BCUT2D eigenvalue weighted by Gasteiger charge is 2.14. The number of hydrogen-bond acceptors (Lipinski definition) is 8. The topological polar surface area (TPSA) is 114 Å². The molecule has 216 valence electrons. The van der Waals surface area contributed by atoms with Crippen molar-refractivity contribution in [2.45, 2.75) is 0 Å². The number of hydrogen-bond donors (Lipinski definition) is 3. The molecule has 4 aromatic carbocycles. The number of hydrazone groups is 1. The van der Waals surface area contributed by atoms with Crippen LogP contribution in [-0.4, -0.2) is 36.7 Å². The second kappa shape index (κ2) is 14.3. The molecular weight excluding hydrogens is 630 g/mol. The van der Waals surface area contributed by atoms with Gasteiger partial charge in [0.25, 0.3) is 11.8 Å². The van der Waals surface area contributed by atoms with Crippen molar-refractivity contribution in [1.82, 2.24) is 10.4 Å². The average molecular weight is 657 g/mol. The maximum Gasteiger partial charge on any atom is 0.271 e. The number of nitrogens with one attached hydrogen (secondary N) is 3. The molecule has 0 spiro atoms. The molecule has 3 N–H and O–H groups in total. The van der Waals surface area contributed by atoms with Crippen molar-refractivity contribution in [2.75, 3.05) is 24.4 Å². The van der Waals surface area contributed by atoms with Crippen LogP contribution in [0.4, 0.5) is 16.5 Å². The molecule has 1 heterocycles. The molecule has 0 saturated heterocycles. The molecule has 0 aliphatic rings. The molecule has 0 bridgehead atoms. The van der Waals surface area contributed by atoms with E-state index in [9.17, 15) is 9.59 Å². The van der Waals surface area contributed by atoms with E-state index in [0.717, 1.165) is 22.1 Å². The zero-order valence-corrected chi connectivity index (χ0v) is 25.3. The third-order valence-corrected chi connectivity index (χ3v) is 7.36. The quantitative estimate of drug-likeness (QED) is 0.103. The van der Waals surface area contributed by atoms with Gasteiger partial charge in [-0.2, -0.15) is 5.10 Å². The van der Waals surface area contributed by atoms with E-state index in [2.05, 4.69) is 42.1 Å². The summed E-state index contributed by atoms with van der Waals surface area (Å²) in [4.78, 5) is 29.6. The first-order valence-corrected chi connectivity index (χ1v) is 14.7. The Morgan fingerprint density at radius 2 is 1.65 bits per heavy atom. The lowest BCUT2D eigenvalue weighted by atomic mass is 10.1. The second-order valence-corrected chi connectivity index (χ2v) is 10.8. The minimum atomic E-state index is -0.358. The van der Waals surface area contributed by atoms with Crippen LogP contribution in [0.1, 0.15) is 15.9 Å². The van der Waals surface area contributed by atoms with Gasteiger partial charge in [-0.3, -0.25) is 9.59 Å². The molecule has 0 aliphatic carbocycles. The number of anilines is 3. The third-order valence-electron chi connectivity index (χ3n) is 6.01. The van der Waals surface area contributed by atoms with Crippen molar-refractivity contribution in [3.63, 3.8) is 0 Å². The smallest absolute Gasteiger partial charge is 0.271 e. The minimum absolute atomic E-state index is 0.208. The molecule has 0 saturated carbocycles. The number of thiazole rings is 1. The first-order chi connectivity index (χ1) is 21.0. The molecule has 0 fully saturated rings. The van der Waals surface area contributed by atoms with Crippen LogP contribution in [-0.2, 0) is 4.79 Å². The molecule has 11 heteroatoms. The number of benzene rings is 4. The lowest BCUT2D eigenvalue weighted by Crippen LogP contribution is -2.20. The van der Waals surface area contributed by atoms with Crippen LogP contribution in [0.15, 0.2) is 112 Å². The number of amides is 2. The maximum absolute atomic E-state index is 12.7. The van der Waals surface area contributed by atoms with Crippen molar-refractivity contribution in [2.24, 2.45) is 5.10 Å². The molecule has 5 aromatic rings. The predicted molar refractivity (Wildman–Crippen MR) is 174 cm³/mol. The Balaban J connectivity index is 1.16. The standard InChI is InChI=1S/C32H26BrN5O4S/c1-41-28-17-21(16-26(33)30(28)42-19-29(39)35-24-8-4-2-5-9-24)18-34-38-31(40)23-14-12-22(13-15-23)27-20-43-32(37-27)36-25-10-6-3-7-11-25/h2-18,20H,19H2,1H3,(H,35,39)(H,36,37)(H,38,40)/b34-18+. The monoisotopic (exact) mass is 655 g/mol. The van der Waals surface area contributed by atoms with Gasteiger partial charge in [0.15, 0.2) is 23.2 Å². The fourth-order valence-corrected chi connectivity index (χ4v) is 5.26. The van der Waals surface area contributed by atoms with Gasteiger partial charge in [-0.1, -0.05) is 48.5 Å². The summed E-state index contributed by atoms with van der Waals surface area (Å²) in [6.45, 7) is -0.208. The fraction of sp³-hybridized carbons (Fsp3) is 0.0625. The molecule has 0 aliphatic heterocycles. The molecule has 0 unspecified atom stereocenters. The number of carbonyl (C=O) groups is 2. The molecule has 43 heavy (non-hydrogen) atoms. The average Bonchev–Trinajstić information content (AvgIpc) is 3.49. The summed E-state index contributed by atoms with van der Waals surface area (Å²) in [5.74, 6) is 0.102. The van der Waals surface area contributed by atoms with Gasteiger partial charge in [0.1, 0.15) is 0 Å². The van der Waals surface area contributed by atoms with E-state index < -0.39 is 0 Å². The number of halogens is 1. The predicted octanol–water partition coefficient (Wildman–Crippen LogP) is 7.11. The Bertz CT molecular complexity index is 1730. The van der Waals surface area contributed by atoms with Crippen LogP contribution in [0, 0.1) is 0 Å². The van der Waals surface area contributed by atoms with Crippen molar-refractivity contribution in [3.05, 3.63) is 118 Å². The summed E-state index contributed by atoms with van der Waals surface area (Å²) < 4.78 is 11.7. The molecule has 9 nitrogen and oxygen atoms in total. The molecule has 0 atom stereocenters. The Labute approximate surface area is 260 Å². The summed E-state index contributed by atoms with van der Waals surface area (Å²) in [7, 11) is 1.50. The highest BCUT2D eigenvalue weighted by atomic mass is 79.9. The zero-order valence-electron chi connectivity index (χ0n) is 22.9. The van der Waals surface area contributed by atoms with Crippen molar-refractivity contribution >= 4 is 61.8 Å². The number of ether oxygens (including phenoxy) is 2. The Morgan fingerprint density at radius 1 is 0.953 bits per heavy atom. The van der Waals surface area contributed by atoms with Crippen molar-refractivity contribution < 1.29 is 19.1 Å². The Kier molecular flexibility index (Phi) is 9.78. The number of methoxy groups -OCH3 is 1. The number of nitrogens with zero attached hydrogens (tertiary/aromatic N) is 2. The highest BCUT2D eigenvalue weighted by Crippen LogP contribution is 2.36. The van der Waals surface area contributed by atoms with E-state index in [1.165, 1.54) is 24.7 Å². The van der Waals surface area contributed by atoms with Gasteiger partial charge in [-0.25, -0.2) is 10.4 Å². The van der Waals surface area contributed by atoms with Crippen LogP contribution in [0.3, 0.4) is 0 Å². The van der Waals surface area contributed by atoms with E-state index in [1.807, 2.05) is 66.0 Å². The van der Waals surface area contributed by atoms with Gasteiger partial charge in [0.05, 0.1) is 23.5 Å². The van der Waals surface area contributed by atoms with E-state index in [0.29, 0.717) is 32.8 Å². The van der Waals surface area contributed by atoms with Crippen LogP contribution >= 0.6 is 27.3 Å². The van der Waals surface area contributed by atoms with Crippen LogP contribution in [0.2, 0.25) is 0 Å². The summed E-state index contributed by atoms with van der Waals surface area (Å²) >= 11 is 4.97. The lowest BCUT2D eigenvalue weighted by Gasteiger charge is -2.13. The van der Waals surface area contributed by atoms with Crippen molar-refractivity contribution in [1.29, 1.82) is 0 Å². The summed E-state index contributed by atoms with van der Waals surface area (Å²) in [5.41, 5.74) is 6.99. The first kappa shape index (κ1) is 29.5. The van der Waals surface area contributed by atoms with Gasteiger partial charge >= 0.3 is 0 Å².